The third-order valence-electron chi connectivity index (χ3n) is 1.23. The zero-order valence-electron chi connectivity index (χ0n) is 4.63. The molecule has 2 unspecified atom stereocenters. The Balaban J connectivity index is 2.51. The van der Waals surface area contributed by atoms with Crippen LogP contribution >= 0.6 is 0 Å². The smallest absolute Gasteiger partial charge is 0.308 e. The van der Waals surface area contributed by atoms with E-state index < -0.39 is 6.29 Å². The Morgan fingerprint density at radius 2 is 2.50 bits per heavy atom. The highest BCUT2D eigenvalue weighted by atomic mass is 16.6. The van der Waals surface area contributed by atoms with E-state index in [-0.39, 0.29) is 11.9 Å². The van der Waals surface area contributed by atoms with Gasteiger partial charge in [-0.3, -0.25) is 4.79 Å². The van der Waals surface area contributed by atoms with Gasteiger partial charge in [-0.05, 0) is 0 Å². The van der Waals surface area contributed by atoms with Gasteiger partial charge in [0.15, 0.2) is 0 Å². The van der Waals surface area contributed by atoms with Gasteiger partial charge in [-0.15, -0.1) is 0 Å². The lowest BCUT2D eigenvalue weighted by molar-refractivity contribution is -0.155. The molecule has 46 valence electrons. The lowest BCUT2D eigenvalue weighted by atomic mass is 10.1. The maximum Gasteiger partial charge on any atom is 0.308 e. The molecule has 1 fully saturated rings. The van der Waals surface area contributed by atoms with E-state index >= 15 is 0 Å². The predicted molar refractivity (Wildman–Crippen MR) is 25.9 cm³/mol. The van der Waals surface area contributed by atoms with Crippen LogP contribution < -0.4 is 0 Å². The van der Waals surface area contributed by atoms with Crippen molar-refractivity contribution < 1.29 is 14.6 Å². The second-order valence-electron chi connectivity index (χ2n) is 2.06. The fourth-order valence-corrected chi connectivity index (χ4v) is 0.663. The molecule has 1 aliphatic rings. The lowest BCUT2D eigenvalue weighted by Gasteiger charge is -2.02. The minimum Gasteiger partial charge on any atom is -0.436 e. The van der Waals surface area contributed by atoms with Crippen molar-refractivity contribution in [1.82, 2.24) is 0 Å². The van der Waals surface area contributed by atoms with Crippen LogP contribution in [0.25, 0.3) is 0 Å². The van der Waals surface area contributed by atoms with E-state index in [0.717, 1.165) is 0 Å². The summed E-state index contributed by atoms with van der Waals surface area (Å²) in [5.41, 5.74) is 0. The average molecular weight is 116 g/mol. The quantitative estimate of drug-likeness (QED) is 0.449. The van der Waals surface area contributed by atoms with Crippen molar-refractivity contribution in [3.8, 4) is 0 Å². The topological polar surface area (TPSA) is 46.5 Å². The van der Waals surface area contributed by atoms with Crippen molar-refractivity contribution in [2.24, 2.45) is 5.92 Å². The van der Waals surface area contributed by atoms with E-state index in [2.05, 4.69) is 4.74 Å². The van der Waals surface area contributed by atoms with Crippen LogP contribution in [0.2, 0.25) is 0 Å². The molecule has 0 aromatic rings. The van der Waals surface area contributed by atoms with Crippen LogP contribution in [0.15, 0.2) is 0 Å². The molecule has 0 aliphatic carbocycles. The van der Waals surface area contributed by atoms with Crippen molar-refractivity contribution >= 4 is 5.97 Å². The van der Waals surface area contributed by atoms with Gasteiger partial charge in [-0.1, -0.05) is 6.92 Å². The summed E-state index contributed by atoms with van der Waals surface area (Å²) in [6.07, 6.45) is -0.510. The third kappa shape index (κ3) is 0.816. The standard InChI is InChI=1S/C5H8O3/c1-3-2-4(6)8-5(3)7/h3,5,7H,2H2,1H3. The van der Waals surface area contributed by atoms with Crippen LogP contribution in [0.3, 0.4) is 0 Å². The Morgan fingerprint density at radius 3 is 2.62 bits per heavy atom. The van der Waals surface area contributed by atoms with Gasteiger partial charge in [0, 0.05) is 5.92 Å². The summed E-state index contributed by atoms with van der Waals surface area (Å²) in [5, 5.41) is 8.73. The van der Waals surface area contributed by atoms with Gasteiger partial charge in [-0.2, -0.15) is 0 Å². The van der Waals surface area contributed by atoms with Crippen molar-refractivity contribution in [2.75, 3.05) is 0 Å². The molecule has 0 aromatic carbocycles. The van der Waals surface area contributed by atoms with E-state index in [4.69, 9.17) is 5.11 Å². The summed E-state index contributed by atoms with van der Waals surface area (Å²) in [5.74, 6) is -0.326. The van der Waals surface area contributed by atoms with Gasteiger partial charge in [0.25, 0.3) is 0 Å². The van der Waals surface area contributed by atoms with Crippen molar-refractivity contribution in [3.05, 3.63) is 0 Å². The fourth-order valence-electron chi connectivity index (χ4n) is 0.663. The summed E-state index contributed by atoms with van der Waals surface area (Å²) >= 11 is 0. The van der Waals surface area contributed by atoms with Crippen molar-refractivity contribution in [1.29, 1.82) is 0 Å². The molecule has 0 saturated carbocycles. The minimum atomic E-state index is -0.859. The molecule has 0 spiro atoms. The molecule has 2 atom stereocenters. The predicted octanol–water partition coefficient (Wildman–Crippen LogP) is -0.112. The van der Waals surface area contributed by atoms with Gasteiger partial charge < -0.3 is 9.84 Å². The molecule has 8 heavy (non-hydrogen) atoms. The minimum absolute atomic E-state index is 0.0255. The largest absolute Gasteiger partial charge is 0.436 e. The van der Waals surface area contributed by atoms with Crippen LogP contribution in [0, 0.1) is 5.92 Å². The van der Waals surface area contributed by atoms with E-state index in [0.29, 0.717) is 6.42 Å². The number of hydrogen-bond donors (Lipinski definition) is 1. The van der Waals surface area contributed by atoms with Crippen molar-refractivity contribution in [3.63, 3.8) is 0 Å². The first-order chi connectivity index (χ1) is 3.70. The van der Waals surface area contributed by atoms with E-state index in [1.54, 1.807) is 6.92 Å². The number of hydrogen-bond acceptors (Lipinski definition) is 3. The first kappa shape index (κ1) is 5.56. The molecule has 0 bridgehead atoms. The molecular weight excluding hydrogens is 108 g/mol. The molecule has 1 N–H and O–H groups in total. The summed E-state index contributed by atoms with van der Waals surface area (Å²) in [7, 11) is 0. The summed E-state index contributed by atoms with van der Waals surface area (Å²) in [6.45, 7) is 1.77. The van der Waals surface area contributed by atoms with Gasteiger partial charge >= 0.3 is 5.97 Å². The van der Waals surface area contributed by atoms with E-state index in [9.17, 15) is 4.79 Å². The summed E-state index contributed by atoms with van der Waals surface area (Å²) in [4.78, 5) is 10.3. The van der Waals surface area contributed by atoms with Crippen LogP contribution in [-0.4, -0.2) is 17.4 Å². The molecule has 0 radical (unpaired) electrons. The van der Waals surface area contributed by atoms with Gasteiger partial charge in [-0.25, -0.2) is 0 Å². The molecule has 1 rings (SSSR count). The number of cyclic esters (lactones) is 1. The zero-order valence-corrected chi connectivity index (χ0v) is 4.63. The van der Waals surface area contributed by atoms with Gasteiger partial charge in [0.1, 0.15) is 0 Å². The van der Waals surface area contributed by atoms with Crippen LogP contribution in [0.4, 0.5) is 0 Å². The van der Waals surface area contributed by atoms with Crippen LogP contribution in [-0.2, 0) is 9.53 Å². The number of ether oxygens (including phenoxy) is 1. The zero-order chi connectivity index (χ0) is 6.15. The van der Waals surface area contributed by atoms with E-state index in [1.807, 2.05) is 0 Å². The Bertz CT molecular complexity index is 98.2. The molecule has 0 amide bonds. The van der Waals surface area contributed by atoms with Crippen LogP contribution in [0.5, 0.6) is 0 Å². The molecule has 0 aromatic heterocycles. The highest BCUT2D eigenvalue weighted by Gasteiger charge is 2.28. The van der Waals surface area contributed by atoms with E-state index in [1.165, 1.54) is 0 Å². The Morgan fingerprint density at radius 1 is 1.88 bits per heavy atom. The molecular formula is C5H8O3. The fraction of sp³-hybridized carbons (Fsp3) is 0.800. The second-order valence-corrected chi connectivity index (χ2v) is 2.06. The Kier molecular flexibility index (Phi) is 1.21. The lowest BCUT2D eigenvalue weighted by Crippen LogP contribution is -2.10. The number of rotatable bonds is 0. The summed E-state index contributed by atoms with van der Waals surface area (Å²) < 4.78 is 4.39. The normalized spacial score (nSPS) is 37.5. The highest BCUT2D eigenvalue weighted by Crippen LogP contribution is 2.18. The first-order valence-corrected chi connectivity index (χ1v) is 2.57. The number of aliphatic hydroxyl groups excluding tert-OH is 1. The van der Waals surface area contributed by atoms with Crippen molar-refractivity contribution in [2.45, 2.75) is 19.6 Å². The Hall–Kier alpha value is -0.570. The maximum absolute atomic E-state index is 10.3. The molecule has 3 heteroatoms. The molecule has 3 nitrogen and oxygen atoms in total. The number of aliphatic hydroxyl groups is 1. The second kappa shape index (κ2) is 1.74. The molecule has 1 aliphatic heterocycles. The first-order valence-electron chi connectivity index (χ1n) is 2.57. The molecule has 1 heterocycles. The highest BCUT2D eigenvalue weighted by molar-refractivity contribution is 5.71. The third-order valence-corrected chi connectivity index (χ3v) is 1.23. The monoisotopic (exact) mass is 116 g/mol. The SMILES string of the molecule is CC1CC(=O)OC1O. The molecule has 1 saturated heterocycles. The van der Waals surface area contributed by atoms with Gasteiger partial charge in [0.2, 0.25) is 6.29 Å². The summed E-state index contributed by atoms with van der Waals surface area (Å²) in [6, 6.07) is 0. The van der Waals surface area contributed by atoms with Crippen LogP contribution in [0.1, 0.15) is 13.3 Å². The average Bonchev–Trinajstić information content (AvgIpc) is 1.85. The number of carbonyl (C=O) groups excluding carboxylic acids is 1. The maximum atomic E-state index is 10.3. The Labute approximate surface area is 47.3 Å². The number of carbonyl (C=O) groups is 1. The number of esters is 1. The van der Waals surface area contributed by atoms with Gasteiger partial charge in [0.05, 0.1) is 6.42 Å².